The molecule has 1 aliphatic rings. The summed E-state index contributed by atoms with van der Waals surface area (Å²) >= 11 is 0. The molecule has 0 N–H and O–H groups in total. The first-order valence-corrected chi connectivity index (χ1v) is 6.83. The average molecular weight is 230 g/mol. The zero-order valence-corrected chi connectivity index (χ0v) is 12.2. The lowest BCUT2D eigenvalue weighted by atomic mass is 9.77. The van der Waals surface area contributed by atoms with Gasteiger partial charge in [-0.3, -0.25) is 0 Å². The largest absolute Gasteiger partial charge is 0.0596 e. The minimum atomic E-state index is 0.273. The van der Waals surface area contributed by atoms with Gasteiger partial charge in [-0.2, -0.15) is 0 Å². The molecule has 94 valence electrons. The second kappa shape index (κ2) is 3.86. The molecule has 2 rings (SSSR count). The molecule has 0 aromatic heterocycles. The van der Waals surface area contributed by atoms with Gasteiger partial charge in [0.25, 0.3) is 0 Å². The van der Waals surface area contributed by atoms with Crippen molar-refractivity contribution in [1.29, 1.82) is 0 Å². The maximum absolute atomic E-state index is 2.45. The molecule has 0 saturated heterocycles. The van der Waals surface area contributed by atoms with Gasteiger partial charge in [0, 0.05) is 0 Å². The van der Waals surface area contributed by atoms with Gasteiger partial charge in [0.2, 0.25) is 0 Å². The summed E-state index contributed by atoms with van der Waals surface area (Å²) in [6.07, 6.45) is 2.59. The highest BCUT2D eigenvalue weighted by molar-refractivity contribution is 5.41. The number of rotatable bonds is 0. The molecule has 0 unspecified atom stereocenters. The first-order valence-electron chi connectivity index (χ1n) is 6.83. The lowest BCUT2D eigenvalue weighted by Gasteiger charge is -2.28. The first kappa shape index (κ1) is 12.7. The predicted octanol–water partition coefficient (Wildman–Crippen LogP) is 5.06. The van der Waals surface area contributed by atoms with Crippen LogP contribution in [0.15, 0.2) is 18.2 Å². The molecule has 0 aliphatic heterocycles. The van der Waals surface area contributed by atoms with Crippen LogP contribution in [0, 0.1) is 5.41 Å². The van der Waals surface area contributed by atoms with E-state index >= 15 is 0 Å². The van der Waals surface area contributed by atoms with Crippen LogP contribution in [0.4, 0.5) is 0 Å². The van der Waals surface area contributed by atoms with Crippen molar-refractivity contribution < 1.29 is 0 Å². The monoisotopic (exact) mass is 230 g/mol. The lowest BCUT2D eigenvalue weighted by molar-refractivity contribution is 0.319. The Morgan fingerprint density at radius 2 is 1.65 bits per heavy atom. The minimum Gasteiger partial charge on any atom is -0.0596 e. The molecular formula is C17H26. The van der Waals surface area contributed by atoms with Crippen LogP contribution in [0.2, 0.25) is 0 Å². The molecule has 0 amide bonds. The fourth-order valence-electron chi connectivity index (χ4n) is 2.98. The van der Waals surface area contributed by atoms with Gasteiger partial charge in [-0.1, -0.05) is 59.7 Å². The van der Waals surface area contributed by atoms with Gasteiger partial charge < -0.3 is 0 Å². The molecular weight excluding hydrogens is 204 g/mol. The smallest absolute Gasteiger partial charge is 0.0107 e. The molecule has 0 radical (unpaired) electrons. The normalized spacial score (nSPS) is 20.5. The SMILES string of the molecule is CC(C)(C)c1ccc2c(c1)CC[C@H]2C(C)(C)C. The fraction of sp³-hybridized carbons (Fsp3) is 0.647. The lowest BCUT2D eigenvalue weighted by Crippen LogP contribution is -2.16. The highest BCUT2D eigenvalue weighted by Crippen LogP contribution is 2.45. The topological polar surface area (TPSA) is 0 Å². The molecule has 17 heavy (non-hydrogen) atoms. The fourth-order valence-corrected chi connectivity index (χ4v) is 2.98. The molecule has 0 fully saturated rings. The summed E-state index contributed by atoms with van der Waals surface area (Å²) in [6.45, 7) is 14.0. The molecule has 0 heteroatoms. The molecule has 0 nitrogen and oxygen atoms in total. The molecule has 1 aliphatic carbocycles. The number of hydrogen-bond acceptors (Lipinski definition) is 0. The van der Waals surface area contributed by atoms with Crippen LogP contribution in [0.1, 0.15) is 70.6 Å². The van der Waals surface area contributed by atoms with Crippen LogP contribution in [0.5, 0.6) is 0 Å². The van der Waals surface area contributed by atoms with Crippen LogP contribution in [-0.2, 0) is 11.8 Å². The van der Waals surface area contributed by atoms with E-state index in [1.165, 1.54) is 18.4 Å². The van der Waals surface area contributed by atoms with Crippen molar-refractivity contribution in [1.82, 2.24) is 0 Å². The van der Waals surface area contributed by atoms with E-state index in [4.69, 9.17) is 0 Å². The van der Waals surface area contributed by atoms with Crippen molar-refractivity contribution in [2.75, 3.05) is 0 Å². The molecule has 0 saturated carbocycles. The highest BCUT2D eigenvalue weighted by atomic mass is 14.4. The summed E-state index contributed by atoms with van der Waals surface area (Å²) in [4.78, 5) is 0. The number of benzene rings is 1. The third-order valence-corrected chi connectivity index (χ3v) is 4.13. The summed E-state index contributed by atoms with van der Waals surface area (Å²) in [6, 6.07) is 7.17. The molecule has 0 bridgehead atoms. The summed E-state index contributed by atoms with van der Waals surface area (Å²) in [5.74, 6) is 0.742. The standard InChI is InChI=1S/C17H26/c1-16(2,3)13-8-9-14-12(11-13)7-10-15(14)17(4,5)6/h8-9,11,15H,7,10H2,1-6H3/t15-/m1/s1. The van der Waals surface area contributed by atoms with Crippen LogP contribution < -0.4 is 0 Å². The van der Waals surface area contributed by atoms with Gasteiger partial charge in [0.05, 0.1) is 0 Å². The van der Waals surface area contributed by atoms with E-state index in [0.717, 1.165) is 5.92 Å². The van der Waals surface area contributed by atoms with Crippen molar-refractivity contribution in [3.8, 4) is 0 Å². The summed E-state index contributed by atoms with van der Waals surface area (Å²) in [7, 11) is 0. The quantitative estimate of drug-likeness (QED) is 0.584. The highest BCUT2D eigenvalue weighted by Gasteiger charge is 2.32. The molecule has 1 atom stereocenters. The third kappa shape index (κ3) is 2.41. The second-order valence-electron chi connectivity index (χ2n) is 7.62. The van der Waals surface area contributed by atoms with Gasteiger partial charge in [-0.25, -0.2) is 0 Å². The summed E-state index contributed by atoms with van der Waals surface area (Å²) in [5.41, 5.74) is 5.34. The van der Waals surface area contributed by atoms with Gasteiger partial charge in [-0.05, 0) is 46.3 Å². The van der Waals surface area contributed by atoms with Crippen molar-refractivity contribution in [2.45, 2.75) is 65.7 Å². The van der Waals surface area contributed by atoms with Crippen LogP contribution in [-0.4, -0.2) is 0 Å². The van der Waals surface area contributed by atoms with Gasteiger partial charge in [0.1, 0.15) is 0 Å². The van der Waals surface area contributed by atoms with Crippen molar-refractivity contribution >= 4 is 0 Å². The molecule has 1 aromatic carbocycles. The minimum absolute atomic E-state index is 0.273. The Bertz CT molecular complexity index is 413. The van der Waals surface area contributed by atoms with Crippen LogP contribution in [0.25, 0.3) is 0 Å². The molecule has 1 aromatic rings. The Balaban J connectivity index is 2.39. The zero-order chi connectivity index (χ0) is 12.8. The Labute approximate surface area is 106 Å². The molecule has 0 heterocycles. The Morgan fingerprint density at radius 1 is 1.00 bits per heavy atom. The van der Waals surface area contributed by atoms with Gasteiger partial charge in [-0.15, -0.1) is 0 Å². The average Bonchev–Trinajstić information content (AvgIpc) is 2.57. The Morgan fingerprint density at radius 3 is 2.18 bits per heavy atom. The summed E-state index contributed by atoms with van der Waals surface area (Å²) < 4.78 is 0. The van der Waals surface area contributed by atoms with E-state index < -0.39 is 0 Å². The van der Waals surface area contributed by atoms with Crippen molar-refractivity contribution in [3.63, 3.8) is 0 Å². The maximum atomic E-state index is 2.45. The van der Waals surface area contributed by atoms with E-state index in [-0.39, 0.29) is 5.41 Å². The number of hydrogen-bond donors (Lipinski definition) is 0. The van der Waals surface area contributed by atoms with E-state index in [1.807, 2.05) is 0 Å². The third-order valence-electron chi connectivity index (χ3n) is 4.13. The zero-order valence-electron chi connectivity index (χ0n) is 12.2. The van der Waals surface area contributed by atoms with Crippen LogP contribution >= 0.6 is 0 Å². The van der Waals surface area contributed by atoms with E-state index in [0.29, 0.717) is 5.41 Å². The van der Waals surface area contributed by atoms with Crippen LogP contribution in [0.3, 0.4) is 0 Å². The maximum Gasteiger partial charge on any atom is -0.0107 e. The van der Waals surface area contributed by atoms with Gasteiger partial charge in [0.15, 0.2) is 0 Å². The van der Waals surface area contributed by atoms with E-state index in [9.17, 15) is 0 Å². The van der Waals surface area contributed by atoms with Gasteiger partial charge >= 0.3 is 0 Å². The Hall–Kier alpha value is -0.780. The second-order valence-corrected chi connectivity index (χ2v) is 7.62. The van der Waals surface area contributed by atoms with E-state index in [1.54, 1.807) is 11.1 Å². The van der Waals surface area contributed by atoms with E-state index in [2.05, 4.69) is 59.7 Å². The predicted molar refractivity (Wildman–Crippen MR) is 75.7 cm³/mol. The van der Waals surface area contributed by atoms with Crippen molar-refractivity contribution in [2.24, 2.45) is 5.41 Å². The summed E-state index contributed by atoms with van der Waals surface area (Å²) in [5, 5.41) is 0. The number of aryl methyl sites for hydroxylation is 1. The first-order chi connectivity index (χ1) is 7.69. The van der Waals surface area contributed by atoms with Crippen molar-refractivity contribution in [3.05, 3.63) is 34.9 Å². The number of fused-ring (bicyclic) bond motifs is 1. The Kier molecular flexibility index (Phi) is 2.88. The molecule has 0 spiro atoms.